The smallest absolute Gasteiger partial charge is 0.264 e. The van der Waals surface area contributed by atoms with Crippen LogP contribution < -0.4 is 14.8 Å². The first-order valence-corrected chi connectivity index (χ1v) is 9.04. The first-order valence-electron chi connectivity index (χ1n) is 7.24. The van der Waals surface area contributed by atoms with Crippen molar-refractivity contribution in [3.05, 3.63) is 24.3 Å². The van der Waals surface area contributed by atoms with E-state index in [0.29, 0.717) is 16.6 Å². The van der Waals surface area contributed by atoms with E-state index in [1.807, 2.05) is 6.07 Å². The van der Waals surface area contributed by atoms with Gasteiger partial charge in [-0.05, 0) is 18.6 Å². The highest BCUT2D eigenvalue weighted by molar-refractivity contribution is 8.01. The van der Waals surface area contributed by atoms with Gasteiger partial charge in [0.1, 0.15) is 11.5 Å². The number of benzene rings is 1. The molecule has 124 valence electrons. The Hall–Kier alpha value is -1.80. The van der Waals surface area contributed by atoms with Gasteiger partial charge in [-0.1, -0.05) is 42.5 Å². The second kappa shape index (κ2) is 9.36. The maximum atomic E-state index is 11.9. The average molecular weight is 353 g/mol. The van der Waals surface area contributed by atoms with E-state index < -0.39 is 0 Å². The van der Waals surface area contributed by atoms with Crippen LogP contribution in [-0.4, -0.2) is 35.6 Å². The molecule has 0 atom stereocenters. The number of anilines is 1. The molecule has 1 N–H and O–H groups in total. The molecule has 1 aromatic heterocycles. The van der Waals surface area contributed by atoms with Crippen molar-refractivity contribution in [3.63, 3.8) is 0 Å². The van der Waals surface area contributed by atoms with Crippen LogP contribution in [0.1, 0.15) is 19.8 Å². The predicted molar refractivity (Wildman–Crippen MR) is 92.7 cm³/mol. The molecule has 0 spiro atoms. The first kappa shape index (κ1) is 17.6. The minimum absolute atomic E-state index is 0.0922. The molecule has 6 nitrogen and oxygen atoms in total. The maximum absolute atomic E-state index is 11.9. The van der Waals surface area contributed by atoms with Gasteiger partial charge >= 0.3 is 0 Å². The molecule has 0 radical (unpaired) electrons. The van der Waals surface area contributed by atoms with E-state index in [4.69, 9.17) is 9.47 Å². The quantitative estimate of drug-likeness (QED) is 0.423. The van der Waals surface area contributed by atoms with E-state index in [2.05, 4.69) is 22.4 Å². The SMILES string of the molecule is CCCCSc1nnc(NC(=O)COc2cccc(OC)c2)s1. The summed E-state index contributed by atoms with van der Waals surface area (Å²) in [6.45, 7) is 2.06. The third kappa shape index (κ3) is 6.07. The molecular weight excluding hydrogens is 334 g/mol. The zero-order valence-corrected chi connectivity index (χ0v) is 14.7. The van der Waals surface area contributed by atoms with Crippen LogP contribution in [0.5, 0.6) is 11.5 Å². The average Bonchev–Trinajstić information content (AvgIpc) is 3.01. The molecular formula is C15H19N3O3S2. The molecule has 2 aromatic rings. The number of carbonyl (C=O) groups excluding carboxylic acids is 1. The summed E-state index contributed by atoms with van der Waals surface area (Å²) in [6.07, 6.45) is 2.29. The standard InChI is InChI=1S/C15H19N3O3S2/c1-3-4-8-22-15-18-17-14(23-15)16-13(19)10-21-12-7-5-6-11(9-12)20-2/h5-7,9H,3-4,8,10H2,1-2H3,(H,16,17,19). The zero-order valence-electron chi connectivity index (χ0n) is 13.1. The summed E-state index contributed by atoms with van der Waals surface area (Å²) in [5.41, 5.74) is 0. The second-order valence-corrected chi connectivity index (χ2v) is 6.91. The third-order valence-corrected chi connectivity index (χ3v) is 4.85. The van der Waals surface area contributed by atoms with E-state index in [1.54, 1.807) is 37.1 Å². The lowest BCUT2D eigenvalue weighted by atomic mass is 10.3. The summed E-state index contributed by atoms with van der Waals surface area (Å²) in [6, 6.07) is 7.10. The van der Waals surface area contributed by atoms with Gasteiger partial charge in [0.25, 0.3) is 5.91 Å². The number of aromatic nitrogens is 2. The molecule has 0 bridgehead atoms. The summed E-state index contributed by atoms with van der Waals surface area (Å²) < 4.78 is 11.4. The van der Waals surface area contributed by atoms with Crippen molar-refractivity contribution in [2.24, 2.45) is 0 Å². The normalized spacial score (nSPS) is 10.3. The number of methoxy groups -OCH3 is 1. The second-order valence-electron chi connectivity index (χ2n) is 4.59. The fraction of sp³-hybridized carbons (Fsp3) is 0.400. The van der Waals surface area contributed by atoms with Gasteiger partial charge in [0.2, 0.25) is 5.13 Å². The monoisotopic (exact) mass is 353 g/mol. The van der Waals surface area contributed by atoms with E-state index in [-0.39, 0.29) is 12.5 Å². The van der Waals surface area contributed by atoms with Gasteiger partial charge in [-0.15, -0.1) is 10.2 Å². The number of nitrogens with zero attached hydrogens (tertiary/aromatic N) is 2. The number of carbonyl (C=O) groups is 1. The Morgan fingerprint density at radius 3 is 2.96 bits per heavy atom. The van der Waals surface area contributed by atoms with Crippen LogP contribution in [-0.2, 0) is 4.79 Å². The van der Waals surface area contributed by atoms with Crippen LogP contribution >= 0.6 is 23.1 Å². The summed E-state index contributed by atoms with van der Waals surface area (Å²) in [4.78, 5) is 11.9. The molecule has 8 heteroatoms. The molecule has 1 heterocycles. The Morgan fingerprint density at radius 1 is 1.35 bits per heavy atom. The van der Waals surface area contributed by atoms with Gasteiger partial charge in [-0.2, -0.15) is 0 Å². The molecule has 1 aromatic carbocycles. The van der Waals surface area contributed by atoms with Crippen molar-refractivity contribution >= 4 is 34.1 Å². The van der Waals surface area contributed by atoms with Crippen molar-refractivity contribution < 1.29 is 14.3 Å². The van der Waals surface area contributed by atoms with Gasteiger partial charge in [0.15, 0.2) is 10.9 Å². The van der Waals surface area contributed by atoms with Gasteiger partial charge < -0.3 is 9.47 Å². The zero-order chi connectivity index (χ0) is 16.5. The van der Waals surface area contributed by atoms with E-state index in [9.17, 15) is 4.79 Å². The Kier molecular flexibility index (Phi) is 7.15. The van der Waals surface area contributed by atoms with E-state index in [0.717, 1.165) is 22.9 Å². The number of thioether (sulfide) groups is 1. The Morgan fingerprint density at radius 2 is 2.17 bits per heavy atom. The van der Waals surface area contributed by atoms with Gasteiger partial charge in [-0.25, -0.2) is 0 Å². The summed E-state index contributed by atoms with van der Waals surface area (Å²) >= 11 is 3.03. The number of ether oxygens (including phenoxy) is 2. The molecule has 2 rings (SSSR count). The molecule has 0 aliphatic heterocycles. The molecule has 0 unspecified atom stereocenters. The van der Waals surface area contributed by atoms with E-state index >= 15 is 0 Å². The topological polar surface area (TPSA) is 73.3 Å². The minimum Gasteiger partial charge on any atom is -0.497 e. The van der Waals surface area contributed by atoms with Crippen molar-refractivity contribution in [1.82, 2.24) is 10.2 Å². The Labute approximate surface area is 143 Å². The van der Waals surface area contributed by atoms with Crippen molar-refractivity contribution in [3.8, 4) is 11.5 Å². The lowest BCUT2D eigenvalue weighted by molar-refractivity contribution is -0.118. The molecule has 23 heavy (non-hydrogen) atoms. The number of nitrogens with one attached hydrogen (secondary N) is 1. The van der Waals surface area contributed by atoms with Crippen LogP contribution in [0.2, 0.25) is 0 Å². The lowest BCUT2D eigenvalue weighted by Gasteiger charge is -2.06. The van der Waals surface area contributed by atoms with Crippen LogP contribution in [0, 0.1) is 0 Å². The number of hydrogen-bond donors (Lipinski definition) is 1. The molecule has 1 amide bonds. The third-order valence-electron chi connectivity index (χ3n) is 2.79. The van der Waals surface area contributed by atoms with Crippen molar-refractivity contribution in [2.75, 3.05) is 24.8 Å². The summed E-state index contributed by atoms with van der Waals surface area (Å²) in [7, 11) is 1.58. The summed E-state index contributed by atoms with van der Waals surface area (Å²) in [5, 5.41) is 11.2. The van der Waals surface area contributed by atoms with Gasteiger partial charge in [-0.3, -0.25) is 10.1 Å². The predicted octanol–water partition coefficient (Wildman–Crippen LogP) is 3.46. The number of unbranched alkanes of at least 4 members (excludes halogenated alkanes) is 1. The fourth-order valence-electron chi connectivity index (χ4n) is 1.62. The van der Waals surface area contributed by atoms with Crippen LogP contribution in [0.4, 0.5) is 5.13 Å². The summed E-state index contributed by atoms with van der Waals surface area (Å²) in [5.74, 6) is 2.00. The highest BCUT2D eigenvalue weighted by Gasteiger charge is 2.09. The van der Waals surface area contributed by atoms with Crippen LogP contribution in [0.3, 0.4) is 0 Å². The lowest BCUT2D eigenvalue weighted by Crippen LogP contribution is -2.20. The van der Waals surface area contributed by atoms with Gasteiger partial charge in [0.05, 0.1) is 7.11 Å². The minimum atomic E-state index is -0.269. The highest BCUT2D eigenvalue weighted by atomic mass is 32.2. The molecule has 0 saturated heterocycles. The number of hydrogen-bond acceptors (Lipinski definition) is 7. The number of rotatable bonds is 9. The number of amides is 1. The van der Waals surface area contributed by atoms with Gasteiger partial charge in [0, 0.05) is 11.8 Å². The fourth-order valence-corrected chi connectivity index (χ4v) is 3.54. The van der Waals surface area contributed by atoms with Crippen LogP contribution in [0.25, 0.3) is 0 Å². The maximum Gasteiger partial charge on any atom is 0.264 e. The largest absolute Gasteiger partial charge is 0.497 e. The first-order chi connectivity index (χ1) is 11.2. The Bertz CT molecular complexity index is 634. The highest BCUT2D eigenvalue weighted by Crippen LogP contribution is 2.26. The molecule has 0 aliphatic carbocycles. The van der Waals surface area contributed by atoms with E-state index in [1.165, 1.54) is 11.3 Å². The Balaban J connectivity index is 1.78. The molecule has 0 saturated carbocycles. The van der Waals surface area contributed by atoms with Crippen molar-refractivity contribution in [1.29, 1.82) is 0 Å². The van der Waals surface area contributed by atoms with Crippen molar-refractivity contribution in [2.45, 2.75) is 24.1 Å². The molecule has 0 aliphatic rings. The van der Waals surface area contributed by atoms with Crippen LogP contribution in [0.15, 0.2) is 28.6 Å². The molecule has 0 fully saturated rings.